The number of hydrogen-bond donors (Lipinski definition) is 0. The molecule has 0 bridgehead atoms. The lowest BCUT2D eigenvalue weighted by Crippen LogP contribution is -2.34. The minimum absolute atomic E-state index is 0.450. The number of benzene rings is 7. The van der Waals surface area contributed by atoms with Crippen LogP contribution >= 0.6 is 0 Å². The summed E-state index contributed by atoms with van der Waals surface area (Å²) in [6.07, 6.45) is 0. The molecule has 7 aromatic carbocycles. The van der Waals surface area contributed by atoms with Gasteiger partial charge in [-0.3, -0.25) is 0 Å². The van der Waals surface area contributed by atoms with Crippen LogP contribution in [0.5, 0.6) is 0 Å². The number of rotatable bonds is 1. The van der Waals surface area contributed by atoms with Crippen molar-refractivity contribution in [2.24, 2.45) is 0 Å². The Labute approximate surface area is 243 Å². The van der Waals surface area contributed by atoms with Crippen LogP contribution in [0.15, 0.2) is 152 Å². The SMILES string of the molecule is c1ccc2c(c1)-c1cccc(-c3ccc4ccccc4c3)c1C21c2ccccc2-n2c3ccccc3c3cccc1c32. The lowest BCUT2D eigenvalue weighted by Gasteiger charge is -2.40. The first-order valence-corrected chi connectivity index (χ1v) is 14.7. The topological polar surface area (TPSA) is 4.93 Å². The van der Waals surface area contributed by atoms with Crippen LogP contribution in [0.1, 0.15) is 22.3 Å². The molecular formula is C41H25N. The molecule has 0 amide bonds. The van der Waals surface area contributed by atoms with Crippen LogP contribution in [0.25, 0.3) is 60.5 Å². The van der Waals surface area contributed by atoms with E-state index in [0.717, 1.165) is 0 Å². The van der Waals surface area contributed by atoms with E-state index in [1.807, 2.05) is 0 Å². The van der Waals surface area contributed by atoms with Crippen LogP contribution in [0.4, 0.5) is 0 Å². The highest BCUT2D eigenvalue weighted by atomic mass is 15.0. The Morgan fingerprint density at radius 3 is 2.05 bits per heavy atom. The second-order valence-corrected chi connectivity index (χ2v) is 11.7. The highest BCUT2D eigenvalue weighted by molar-refractivity contribution is 6.13. The van der Waals surface area contributed by atoms with Gasteiger partial charge in [0.05, 0.1) is 22.1 Å². The average molecular weight is 532 g/mol. The Morgan fingerprint density at radius 1 is 0.429 bits per heavy atom. The zero-order valence-electron chi connectivity index (χ0n) is 22.9. The fourth-order valence-corrected chi connectivity index (χ4v) is 8.22. The van der Waals surface area contributed by atoms with E-state index in [1.165, 1.54) is 82.8 Å². The maximum atomic E-state index is 2.51. The smallest absolute Gasteiger partial charge is 0.0760 e. The fourth-order valence-electron chi connectivity index (χ4n) is 8.22. The molecule has 1 nitrogen and oxygen atoms in total. The molecule has 10 rings (SSSR count). The van der Waals surface area contributed by atoms with E-state index in [4.69, 9.17) is 0 Å². The highest BCUT2D eigenvalue weighted by Gasteiger charge is 2.51. The molecule has 0 saturated carbocycles. The lowest BCUT2D eigenvalue weighted by atomic mass is 9.64. The molecule has 1 unspecified atom stereocenters. The number of fused-ring (bicyclic) bond motifs is 13. The van der Waals surface area contributed by atoms with Crippen molar-refractivity contribution >= 4 is 32.6 Å². The Morgan fingerprint density at radius 2 is 1.10 bits per heavy atom. The van der Waals surface area contributed by atoms with Crippen molar-refractivity contribution in [1.29, 1.82) is 0 Å². The van der Waals surface area contributed by atoms with E-state index in [9.17, 15) is 0 Å². The summed E-state index contributed by atoms with van der Waals surface area (Å²) in [5.41, 5.74) is 14.0. The van der Waals surface area contributed by atoms with Crippen molar-refractivity contribution in [3.63, 3.8) is 0 Å². The molecule has 42 heavy (non-hydrogen) atoms. The quantitative estimate of drug-likeness (QED) is 0.199. The summed E-state index contributed by atoms with van der Waals surface area (Å²) in [6.45, 7) is 0. The van der Waals surface area contributed by atoms with E-state index in [1.54, 1.807) is 0 Å². The van der Waals surface area contributed by atoms with Gasteiger partial charge in [0.2, 0.25) is 0 Å². The summed E-state index contributed by atoms with van der Waals surface area (Å²) >= 11 is 0. The molecule has 8 aromatic rings. The minimum atomic E-state index is -0.450. The van der Waals surface area contributed by atoms with E-state index in [2.05, 4.69) is 156 Å². The van der Waals surface area contributed by atoms with Crippen LogP contribution in [0.3, 0.4) is 0 Å². The summed E-state index contributed by atoms with van der Waals surface area (Å²) in [4.78, 5) is 0. The minimum Gasteiger partial charge on any atom is -0.309 e. The van der Waals surface area contributed by atoms with Gasteiger partial charge in [-0.2, -0.15) is 0 Å². The van der Waals surface area contributed by atoms with Crippen LogP contribution in [0.2, 0.25) is 0 Å². The van der Waals surface area contributed by atoms with Gasteiger partial charge in [0.15, 0.2) is 0 Å². The third-order valence-corrected chi connectivity index (χ3v) is 9.77. The van der Waals surface area contributed by atoms with Gasteiger partial charge in [-0.1, -0.05) is 133 Å². The molecule has 2 aliphatic rings. The van der Waals surface area contributed by atoms with Crippen LogP contribution < -0.4 is 0 Å². The van der Waals surface area contributed by atoms with Crippen molar-refractivity contribution in [2.45, 2.75) is 5.41 Å². The van der Waals surface area contributed by atoms with Crippen LogP contribution in [-0.2, 0) is 5.41 Å². The predicted molar refractivity (Wildman–Crippen MR) is 175 cm³/mol. The Bertz CT molecular complexity index is 2420. The second kappa shape index (κ2) is 7.87. The summed E-state index contributed by atoms with van der Waals surface area (Å²) < 4.78 is 2.51. The third-order valence-electron chi connectivity index (χ3n) is 9.77. The standard InChI is InChI=1S/C41H25N/c1-2-12-27-25-28(24-23-26(27)11-1)29-15-9-16-32-30-13-3-5-18-34(30)41(39(29)32)35-19-6-8-22-38(35)42-37-21-7-4-14-31(37)33-17-10-20-36(41)40(33)42/h1-25H. The first-order valence-electron chi connectivity index (χ1n) is 14.7. The first-order chi connectivity index (χ1) is 20.9. The zero-order chi connectivity index (χ0) is 27.4. The Kier molecular flexibility index (Phi) is 4.18. The summed E-state index contributed by atoms with van der Waals surface area (Å²) in [5, 5.41) is 5.15. The summed E-state index contributed by atoms with van der Waals surface area (Å²) in [5.74, 6) is 0. The number of hydrogen-bond acceptors (Lipinski definition) is 0. The second-order valence-electron chi connectivity index (χ2n) is 11.7. The molecule has 0 radical (unpaired) electrons. The van der Waals surface area contributed by atoms with Crippen molar-refractivity contribution in [3.8, 4) is 27.9 Å². The highest BCUT2D eigenvalue weighted by Crippen LogP contribution is 2.62. The molecule has 0 N–H and O–H groups in total. The van der Waals surface area contributed by atoms with Gasteiger partial charge in [-0.15, -0.1) is 0 Å². The van der Waals surface area contributed by atoms with Crippen molar-refractivity contribution < 1.29 is 0 Å². The molecule has 0 fully saturated rings. The molecular weight excluding hydrogens is 506 g/mol. The van der Waals surface area contributed by atoms with E-state index < -0.39 is 5.41 Å². The van der Waals surface area contributed by atoms with Crippen molar-refractivity contribution in [2.75, 3.05) is 0 Å². The average Bonchev–Trinajstić information content (AvgIpc) is 3.56. The maximum Gasteiger partial charge on any atom is 0.0760 e. The maximum absolute atomic E-state index is 2.51. The van der Waals surface area contributed by atoms with Gasteiger partial charge >= 0.3 is 0 Å². The Balaban J connectivity index is 1.44. The van der Waals surface area contributed by atoms with Crippen molar-refractivity contribution in [3.05, 3.63) is 174 Å². The molecule has 0 saturated heterocycles. The molecule has 2 heterocycles. The van der Waals surface area contributed by atoms with Gasteiger partial charge in [-0.05, 0) is 73.5 Å². The Hall–Kier alpha value is -5.40. The molecule has 1 spiro atoms. The van der Waals surface area contributed by atoms with Gasteiger partial charge in [-0.25, -0.2) is 0 Å². The number of aromatic nitrogens is 1. The normalized spacial score (nSPS) is 16.2. The molecule has 194 valence electrons. The molecule has 1 aromatic heterocycles. The molecule has 1 heteroatoms. The van der Waals surface area contributed by atoms with E-state index in [0.29, 0.717) is 0 Å². The molecule has 1 aliphatic carbocycles. The van der Waals surface area contributed by atoms with Gasteiger partial charge in [0, 0.05) is 10.8 Å². The van der Waals surface area contributed by atoms with Crippen LogP contribution in [0, 0.1) is 0 Å². The fraction of sp³-hybridized carbons (Fsp3) is 0.0244. The largest absolute Gasteiger partial charge is 0.309 e. The van der Waals surface area contributed by atoms with Gasteiger partial charge in [0.25, 0.3) is 0 Å². The summed E-state index contributed by atoms with van der Waals surface area (Å²) in [6, 6.07) is 56.5. The number of nitrogens with zero attached hydrogens (tertiary/aromatic N) is 1. The van der Waals surface area contributed by atoms with E-state index >= 15 is 0 Å². The zero-order valence-corrected chi connectivity index (χ0v) is 22.9. The number of para-hydroxylation sites is 3. The summed E-state index contributed by atoms with van der Waals surface area (Å²) in [7, 11) is 0. The van der Waals surface area contributed by atoms with Gasteiger partial charge < -0.3 is 4.57 Å². The van der Waals surface area contributed by atoms with Crippen LogP contribution in [-0.4, -0.2) is 4.57 Å². The predicted octanol–water partition coefficient (Wildman–Crippen LogP) is 10.3. The first kappa shape index (κ1) is 22.3. The van der Waals surface area contributed by atoms with E-state index in [-0.39, 0.29) is 0 Å². The monoisotopic (exact) mass is 531 g/mol. The molecule has 1 aliphatic heterocycles. The lowest BCUT2D eigenvalue weighted by molar-refractivity contribution is 0.750. The third kappa shape index (κ3) is 2.56. The van der Waals surface area contributed by atoms with Gasteiger partial charge in [0.1, 0.15) is 0 Å². The molecule has 1 atom stereocenters. The van der Waals surface area contributed by atoms with Crippen molar-refractivity contribution in [1.82, 2.24) is 4.57 Å².